The molecular formula is C21H21N7O4. The lowest BCUT2D eigenvalue weighted by Gasteiger charge is -2.34. The second-order valence-electron chi connectivity index (χ2n) is 7.93. The Morgan fingerprint density at radius 3 is 2.81 bits per heavy atom. The molecule has 4 aromatic heterocycles. The summed E-state index contributed by atoms with van der Waals surface area (Å²) < 4.78 is 23.5. The maximum atomic E-state index is 6.00. The average molecular weight is 435 g/mol. The van der Waals surface area contributed by atoms with E-state index < -0.39 is 0 Å². The van der Waals surface area contributed by atoms with E-state index in [4.69, 9.17) is 23.7 Å². The molecule has 0 unspecified atom stereocenters. The summed E-state index contributed by atoms with van der Waals surface area (Å²) in [6.45, 7) is 5.43. The van der Waals surface area contributed by atoms with Crippen molar-refractivity contribution in [3.8, 4) is 23.1 Å². The standard InChI is InChI=1S/C21H21N7O4/c1-12-5-16(26-32-12)20-24-23-19-6-18(29-2)21(25-28(19)20)31-9-14-4-3-13-7-27(8-17(13)22-14)15-10-30-11-15/h3-6,15H,7-11H2,1-2H3. The summed E-state index contributed by atoms with van der Waals surface area (Å²) in [5.41, 5.74) is 4.24. The lowest BCUT2D eigenvalue weighted by molar-refractivity contribution is -0.0671. The Balaban J connectivity index is 1.24. The summed E-state index contributed by atoms with van der Waals surface area (Å²) in [6.07, 6.45) is 0. The second kappa shape index (κ2) is 7.53. The number of pyridine rings is 1. The molecule has 0 atom stereocenters. The summed E-state index contributed by atoms with van der Waals surface area (Å²) in [4.78, 5) is 7.21. The van der Waals surface area contributed by atoms with Gasteiger partial charge in [-0.05, 0) is 18.6 Å². The highest BCUT2D eigenvalue weighted by molar-refractivity contribution is 5.56. The van der Waals surface area contributed by atoms with E-state index >= 15 is 0 Å². The van der Waals surface area contributed by atoms with Crippen LogP contribution in [-0.2, 0) is 24.4 Å². The Hall–Kier alpha value is -3.57. The van der Waals surface area contributed by atoms with Crippen molar-refractivity contribution in [3.05, 3.63) is 47.0 Å². The van der Waals surface area contributed by atoms with Gasteiger partial charge in [0.2, 0.25) is 5.82 Å². The van der Waals surface area contributed by atoms with Gasteiger partial charge >= 0.3 is 0 Å². The van der Waals surface area contributed by atoms with Crippen molar-refractivity contribution < 1.29 is 18.7 Å². The zero-order valence-electron chi connectivity index (χ0n) is 17.7. The summed E-state index contributed by atoms with van der Waals surface area (Å²) in [5, 5.41) is 16.9. The summed E-state index contributed by atoms with van der Waals surface area (Å²) >= 11 is 0. The molecule has 164 valence electrons. The fourth-order valence-corrected chi connectivity index (χ4v) is 3.92. The van der Waals surface area contributed by atoms with Crippen LogP contribution in [-0.4, -0.2) is 61.2 Å². The minimum atomic E-state index is 0.259. The third kappa shape index (κ3) is 3.26. The van der Waals surface area contributed by atoms with Gasteiger partial charge in [-0.15, -0.1) is 15.3 Å². The Morgan fingerprint density at radius 2 is 2.06 bits per heavy atom. The van der Waals surface area contributed by atoms with E-state index in [0.717, 1.165) is 37.7 Å². The molecule has 2 aliphatic heterocycles. The van der Waals surface area contributed by atoms with Crippen LogP contribution in [0.3, 0.4) is 0 Å². The maximum absolute atomic E-state index is 6.00. The second-order valence-corrected chi connectivity index (χ2v) is 7.93. The van der Waals surface area contributed by atoms with Gasteiger partial charge in [0, 0.05) is 25.2 Å². The molecule has 0 aromatic carbocycles. The molecule has 0 aliphatic carbocycles. The third-order valence-corrected chi connectivity index (χ3v) is 5.75. The van der Waals surface area contributed by atoms with Gasteiger partial charge in [0.05, 0.1) is 37.8 Å². The van der Waals surface area contributed by atoms with Crippen LogP contribution >= 0.6 is 0 Å². The molecule has 11 nitrogen and oxygen atoms in total. The van der Waals surface area contributed by atoms with Crippen LogP contribution in [0.1, 0.15) is 22.7 Å². The topological polar surface area (TPSA) is 113 Å². The van der Waals surface area contributed by atoms with Crippen LogP contribution in [0.25, 0.3) is 17.2 Å². The van der Waals surface area contributed by atoms with Crippen molar-refractivity contribution in [1.82, 2.24) is 34.9 Å². The molecule has 0 radical (unpaired) electrons. The number of rotatable bonds is 6. The molecule has 0 amide bonds. The third-order valence-electron chi connectivity index (χ3n) is 5.75. The van der Waals surface area contributed by atoms with Gasteiger partial charge < -0.3 is 18.7 Å². The summed E-state index contributed by atoms with van der Waals surface area (Å²) in [6, 6.07) is 8.11. The molecule has 0 bridgehead atoms. The van der Waals surface area contributed by atoms with E-state index in [2.05, 4.69) is 31.4 Å². The van der Waals surface area contributed by atoms with Crippen LogP contribution < -0.4 is 9.47 Å². The van der Waals surface area contributed by atoms with Crippen LogP contribution in [0.2, 0.25) is 0 Å². The number of ether oxygens (including phenoxy) is 3. The quantitative estimate of drug-likeness (QED) is 0.444. The minimum absolute atomic E-state index is 0.259. The van der Waals surface area contributed by atoms with E-state index in [1.54, 1.807) is 23.8 Å². The number of hydrogen-bond donors (Lipinski definition) is 0. The Labute approximate surface area is 182 Å². The molecule has 6 rings (SSSR count). The molecule has 32 heavy (non-hydrogen) atoms. The smallest absolute Gasteiger partial charge is 0.275 e. The first-order valence-electron chi connectivity index (χ1n) is 10.3. The lowest BCUT2D eigenvalue weighted by atomic mass is 10.2. The highest BCUT2D eigenvalue weighted by Crippen LogP contribution is 2.29. The van der Waals surface area contributed by atoms with Crippen molar-refractivity contribution in [1.29, 1.82) is 0 Å². The number of nitrogens with zero attached hydrogens (tertiary/aromatic N) is 7. The molecular weight excluding hydrogens is 414 g/mol. The molecule has 2 aliphatic rings. The van der Waals surface area contributed by atoms with Crippen molar-refractivity contribution in [2.45, 2.75) is 32.7 Å². The fraction of sp³-hybridized carbons (Fsp3) is 0.381. The minimum Gasteiger partial charge on any atom is -0.491 e. The normalized spacial score (nSPS) is 16.3. The van der Waals surface area contributed by atoms with Gasteiger partial charge in [0.15, 0.2) is 17.1 Å². The zero-order chi connectivity index (χ0) is 21.7. The van der Waals surface area contributed by atoms with Crippen molar-refractivity contribution in [3.63, 3.8) is 0 Å². The van der Waals surface area contributed by atoms with E-state index in [9.17, 15) is 0 Å². The molecule has 6 heterocycles. The molecule has 0 N–H and O–H groups in total. The first-order valence-corrected chi connectivity index (χ1v) is 10.3. The van der Waals surface area contributed by atoms with Crippen LogP contribution in [0.4, 0.5) is 0 Å². The number of aromatic nitrogens is 6. The zero-order valence-corrected chi connectivity index (χ0v) is 17.7. The first kappa shape index (κ1) is 19.1. The predicted molar refractivity (Wildman–Crippen MR) is 110 cm³/mol. The number of hydrogen-bond acceptors (Lipinski definition) is 10. The van der Waals surface area contributed by atoms with Crippen LogP contribution in [0, 0.1) is 6.92 Å². The first-order chi connectivity index (χ1) is 15.7. The van der Waals surface area contributed by atoms with Gasteiger partial charge in [-0.25, -0.2) is 0 Å². The number of fused-ring (bicyclic) bond motifs is 2. The van der Waals surface area contributed by atoms with E-state index in [0.29, 0.717) is 40.6 Å². The Morgan fingerprint density at radius 1 is 1.16 bits per heavy atom. The Bertz CT molecular complexity index is 1300. The average Bonchev–Trinajstić information content (AvgIpc) is 3.47. The monoisotopic (exact) mass is 435 g/mol. The van der Waals surface area contributed by atoms with E-state index in [-0.39, 0.29) is 6.61 Å². The van der Waals surface area contributed by atoms with Gasteiger partial charge in [0.25, 0.3) is 5.88 Å². The van der Waals surface area contributed by atoms with Crippen LogP contribution in [0.15, 0.2) is 28.8 Å². The summed E-state index contributed by atoms with van der Waals surface area (Å²) in [7, 11) is 1.56. The lowest BCUT2D eigenvalue weighted by Crippen LogP contribution is -2.46. The molecule has 11 heteroatoms. The molecule has 0 saturated carbocycles. The number of methoxy groups -OCH3 is 1. The van der Waals surface area contributed by atoms with Gasteiger partial charge in [0.1, 0.15) is 12.4 Å². The van der Waals surface area contributed by atoms with E-state index in [1.165, 1.54) is 5.56 Å². The highest BCUT2D eigenvalue weighted by Gasteiger charge is 2.31. The molecule has 1 saturated heterocycles. The van der Waals surface area contributed by atoms with Crippen molar-refractivity contribution >= 4 is 5.65 Å². The highest BCUT2D eigenvalue weighted by atomic mass is 16.5. The van der Waals surface area contributed by atoms with Gasteiger partial charge in [-0.1, -0.05) is 11.2 Å². The largest absolute Gasteiger partial charge is 0.491 e. The summed E-state index contributed by atoms with van der Waals surface area (Å²) in [5.74, 6) is 1.91. The number of aryl methyl sites for hydroxylation is 1. The van der Waals surface area contributed by atoms with Crippen LogP contribution in [0.5, 0.6) is 11.6 Å². The molecule has 4 aromatic rings. The SMILES string of the molecule is COc1cc2nnc(-c3cc(C)on3)n2nc1OCc1ccc2c(n1)CN(C1COC1)C2. The van der Waals surface area contributed by atoms with Gasteiger partial charge in [-0.3, -0.25) is 9.88 Å². The van der Waals surface area contributed by atoms with Crippen molar-refractivity contribution in [2.75, 3.05) is 20.3 Å². The fourth-order valence-electron chi connectivity index (χ4n) is 3.92. The van der Waals surface area contributed by atoms with E-state index in [1.807, 2.05) is 13.0 Å². The molecule has 1 fully saturated rings. The maximum Gasteiger partial charge on any atom is 0.275 e. The molecule has 0 spiro atoms. The van der Waals surface area contributed by atoms with Gasteiger partial charge in [-0.2, -0.15) is 4.52 Å². The van der Waals surface area contributed by atoms with Crippen molar-refractivity contribution in [2.24, 2.45) is 0 Å². The Kier molecular flexibility index (Phi) is 4.51. The predicted octanol–water partition coefficient (Wildman–Crippen LogP) is 1.78.